The summed E-state index contributed by atoms with van der Waals surface area (Å²) < 4.78 is 40.9. The van der Waals surface area contributed by atoms with Gasteiger partial charge >= 0.3 is 6.18 Å². The number of nitrogens with one attached hydrogen (secondary N) is 3. The summed E-state index contributed by atoms with van der Waals surface area (Å²) in [4.78, 5) is 13.3. The van der Waals surface area contributed by atoms with Gasteiger partial charge in [0, 0.05) is 29.7 Å². The van der Waals surface area contributed by atoms with E-state index in [1.807, 2.05) is 12.2 Å². The van der Waals surface area contributed by atoms with E-state index in [-0.39, 0.29) is 15.3 Å². The SMILES string of the molecule is O=C(NC1=CCC(=NN2CCCC2)C=C1)[C@@H](NC(=S)Nc1ccc(Br)cc1C(F)(F)F)c1ccccc1. The average Bonchev–Trinajstić information content (AvgIpc) is 3.38. The number of nitrogens with zero attached hydrogens (tertiary/aromatic N) is 2. The lowest BCUT2D eigenvalue weighted by Gasteiger charge is -2.23. The van der Waals surface area contributed by atoms with E-state index in [9.17, 15) is 18.0 Å². The Kier molecular flexibility index (Phi) is 8.65. The van der Waals surface area contributed by atoms with Gasteiger partial charge in [-0.15, -0.1) is 0 Å². The van der Waals surface area contributed by atoms with Gasteiger partial charge in [-0.1, -0.05) is 52.3 Å². The number of rotatable bonds is 6. The van der Waals surface area contributed by atoms with Gasteiger partial charge in [0.15, 0.2) is 5.11 Å². The fourth-order valence-corrected chi connectivity index (χ4v) is 4.58. The zero-order valence-electron chi connectivity index (χ0n) is 19.7. The first-order valence-electron chi connectivity index (χ1n) is 11.7. The van der Waals surface area contributed by atoms with Crippen molar-refractivity contribution in [3.63, 3.8) is 0 Å². The van der Waals surface area contributed by atoms with E-state index < -0.39 is 23.7 Å². The lowest BCUT2D eigenvalue weighted by atomic mass is 10.1. The van der Waals surface area contributed by atoms with Gasteiger partial charge in [0.2, 0.25) is 0 Å². The number of alkyl halides is 3. The monoisotopic (exact) mass is 591 g/mol. The van der Waals surface area contributed by atoms with Gasteiger partial charge in [0.1, 0.15) is 6.04 Å². The van der Waals surface area contributed by atoms with E-state index >= 15 is 0 Å². The van der Waals surface area contributed by atoms with Crippen LogP contribution in [-0.2, 0) is 11.0 Å². The molecule has 2 aromatic rings. The molecule has 6 nitrogen and oxygen atoms in total. The van der Waals surface area contributed by atoms with Crippen molar-refractivity contribution in [2.24, 2.45) is 5.10 Å². The maximum atomic E-state index is 13.5. The number of hydrazone groups is 1. The number of hydrogen-bond acceptors (Lipinski definition) is 4. The van der Waals surface area contributed by atoms with Gasteiger partial charge in [0.05, 0.1) is 17.0 Å². The van der Waals surface area contributed by atoms with Crippen LogP contribution in [0.3, 0.4) is 0 Å². The summed E-state index contributed by atoms with van der Waals surface area (Å²) in [5, 5.41) is 14.9. The molecule has 37 heavy (non-hydrogen) atoms. The molecule has 2 aromatic carbocycles. The highest BCUT2D eigenvalue weighted by Gasteiger charge is 2.34. The van der Waals surface area contributed by atoms with Crippen LogP contribution in [0.2, 0.25) is 0 Å². The smallest absolute Gasteiger partial charge is 0.347 e. The lowest BCUT2D eigenvalue weighted by molar-refractivity contribution is -0.137. The molecule has 11 heteroatoms. The molecule has 1 aliphatic heterocycles. The van der Waals surface area contributed by atoms with Gasteiger partial charge in [-0.05, 0) is 61.0 Å². The molecule has 1 aliphatic carbocycles. The van der Waals surface area contributed by atoms with E-state index in [0.717, 1.165) is 37.7 Å². The second-order valence-electron chi connectivity index (χ2n) is 8.57. The molecular weight excluding hydrogens is 567 g/mol. The van der Waals surface area contributed by atoms with Crippen LogP contribution >= 0.6 is 28.1 Å². The Balaban J connectivity index is 1.46. The number of amides is 1. The molecule has 1 amide bonds. The highest BCUT2D eigenvalue weighted by atomic mass is 79.9. The van der Waals surface area contributed by atoms with Crippen LogP contribution in [0, 0.1) is 0 Å². The standard InChI is InChI=1S/C26H25BrF3N5OS/c27-18-8-13-22(21(16-18)26(28,29)30)32-25(37)33-23(17-6-2-1-3-7-17)24(36)31-19-9-11-20(12-10-19)34-35-14-4-5-15-35/h1-3,6-11,13,16,23H,4-5,12,14-15H2,(H,31,36)(H2,32,33,37)/t23-/m0/s1. The fourth-order valence-electron chi connectivity index (χ4n) is 4.00. The highest BCUT2D eigenvalue weighted by Crippen LogP contribution is 2.36. The van der Waals surface area contributed by atoms with Crippen molar-refractivity contribution in [2.75, 3.05) is 18.4 Å². The van der Waals surface area contributed by atoms with E-state index in [1.54, 1.807) is 36.4 Å². The maximum absolute atomic E-state index is 13.5. The topological polar surface area (TPSA) is 68.8 Å². The van der Waals surface area contributed by atoms with Crippen LogP contribution in [0.15, 0.2) is 82.0 Å². The molecule has 0 unspecified atom stereocenters. The van der Waals surface area contributed by atoms with Crippen molar-refractivity contribution in [2.45, 2.75) is 31.5 Å². The summed E-state index contributed by atoms with van der Waals surface area (Å²) >= 11 is 8.37. The number of thiocarbonyl (C=S) groups is 1. The predicted octanol–water partition coefficient (Wildman–Crippen LogP) is 5.91. The molecule has 0 bridgehead atoms. The molecule has 0 radical (unpaired) electrons. The normalized spacial score (nSPS) is 17.4. The van der Waals surface area contributed by atoms with Crippen LogP contribution in [0.4, 0.5) is 18.9 Å². The number of halogens is 4. The Hall–Kier alpha value is -3.18. The molecule has 0 spiro atoms. The number of allylic oxidation sites excluding steroid dienone is 3. The van der Waals surface area contributed by atoms with Gasteiger partial charge < -0.3 is 16.0 Å². The maximum Gasteiger partial charge on any atom is 0.418 e. The van der Waals surface area contributed by atoms with E-state index in [0.29, 0.717) is 17.7 Å². The molecule has 3 N–H and O–H groups in total. The minimum absolute atomic E-state index is 0.120. The number of benzene rings is 2. The summed E-state index contributed by atoms with van der Waals surface area (Å²) in [5.41, 5.74) is 1.03. The molecule has 0 aromatic heterocycles. The number of carbonyl (C=O) groups is 1. The average molecular weight is 592 g/mol. The third-order valence-electron chi connectivity index (χ3n) is 5.81. The quantitative estimate of drug-likeness (QED) is 0.365. The first-order valence-corrected chi connectivity index (χ1v) is 12.9. The molecule has 1 heterocycles. The number of carbonyl (C=O) groups excluding carboxylic acids is 1. The third-order valence-corrected chi connectivity index (χ3v) is 6.53. The molecule has 1 saturated heterocycles. The van der Waals surface area contributed by atoms with E-state index in [1.165, 1.54) is 12.1 Å². The van der Waals surface area contributed by atoms with Crippen molar-refractivity contribution in [1.82, 2.24) is 15.6 Å². The van der Waals surface area contributed by atoms with Gasteiger partial charge in [0.25, 0.3) is 5.91 Å². The molecule has 4 rings (SSSR count). The van der Waals surface area contributed by atoms with E-state index in [2.05, 4.69) is 42.0 Å². The van der Waals surface area contributed by atoms with Gasteiger partial charge in [-0.25, -0.2) is 0 Å². The van der Waals surface area contributed by atoms with E-state index in [4.69, 9.17) is 12.2 Å². The summed E-state index contributed by atoms with van der Waals surface area (Å²) in [6, 6.07) is 11.6. The predicted molar refractivity (Wildman–Crippen MR) is 146 cm³/mol. The Labute approximate surface area is 226 Å². The second kappa shape index (κ2) is 11.9. The summed E-state index contributed by atoms with van der Waals surface area (Å²) in [6.07, 6.45) is 3.81. The van der Waals surface area contributed by atoms with Crippen molar-refractivity contribution in [3.8, 4) is 0 Å². The lowest BCUT2D eigenvalue weighted by Crippen LogP contribution is -2.42. The first kappa shape index (κ1) is 26.9. The van der Waals surface area contributed by atoms with Crippen molar-refractivity contribution >= 4 is 50.6 Å². The second-order valence-corrected chi connectivity index (χ2v) is 9.89. The molecule has 194 valence electrons. The Bertz CT molecular complexity index is 1240. The largest absolute Gasteiger partial charge is 0.418 e. The molecule has 0 saturated carbocycles. The van der Waals surface area contributed by atoms with Crippen LogP contribution < -0.4 is 16.0 Å². The third kappa shape index (κ3) is 7.42. The summed E-state index contributed by atoms with van der Waals surface area (Å²) in [5.74, 6) is -0.405. The molecule has 2 aliphatic rings. The van der Waals surface area contributed by atoms with Crippen molar-refractivity contribution < 1.29 is 18.0 Å². The minimum Gasteiger partial charge on any atom is -0.347 e. The van der Waals surface area contributed by atoms with Crippen LogP contribution in [-0.4, -0.2) is 34.8 Å². The van der Waals surface area contributed by atoms with Crippen LogP contribution in [0.25, 0.3) is 0 Å². The van der Waals surface area contributed by atoms with Crippen LogP contribution in [0.5, 0.6) is 0 Å². The zero-order chi connectivity index (χ0) is 26.4. The Morgan fingerprint density at radius 3 is 2.43 bits per heavy atom. The van der Waals surface area contributed by atoms with Gasteiger partial charge in [-0.2, -0.15) is 18.3 Å². The van der Waals surface area contributed by atoms with Gasteiger partial charge in [-0.3, -0.25) is 9.80 Å². The Morgan fingerprint density at radius 1 is 1.05 bits per heavy atom. The number of anilines is 1. The van der Waals surface area contributed by atoms with Crippen molar-refractivity contribution in [1.29, 1.82) is 0 Å². The molecular formula is C26H25BrF3N5OS. The van der Waals surface area contributed by atoms with Crippen LogP contribution in [0.1, 0.15) is 36.4 Å². The molecule has 1 atom stereocenters. The van der Waals surface area contributed by atoms with Crippen molar-refractivity contribution in [3.05, 3.63) is 88.1 Å². The fraction of sp³-hybridized carbons (Fsp3) is 0.269. The first-order chi connectivity index (χ1) is 17.7. The number of hydrogen-bond donors (Lipinski definition) is 3. The summed E-state index contributed by atoms with van der Waals surface area (Å²) in [7, 11) is 0. The zero-order valence-corrected chi connectivity index (χ0v) is 22.1. The minimum atomic E-state index is -4.59. The Morgan fingerprint density at radius 2 is 1.78 bits per heavy atom. The highest BCUT2D eigenvalue weighted by molar-refractivity contribution is 9.10. The summed E-state index contributed by atoms with van der Waals surface area (Å²) in [6.45, 7) is 1.90. The molecule has 1 fully saturated rings.